The predicted molar refractivity (Wildman–Crippen MR) is 116 cm³/mol. The van der Waals surface area contributed by atoms with E-state index in [1.807, 2.05) is 59.7 Å². The Kier molecular flexibility index (Phi) is 4.84. The van der Waals surface area contributed by atoms with Crippen molar-refractivity contribution in [2.75, 3.05) is 32.6 Å². The number of likely N-dealkylation sites (tertiary alicyclic amines) is 1. The Morgan fingerprint density at radius 1 is 1.20 bits per heavy atom. The molecule has 0 aliphatic carbocycles. The molecule has 5 rings (SSSR count). The van der Waals surface area contributed by atoms with Gasteiger partial charge in [-0.05, 0) is 55.8 Å². The SMILES string of the molecule is COc1ccc(-c2cccn3nc(Nc4cnn(CC5CCN(C)C5)c4)nc23)cc1. The standard InChI is InChI=1S/C22H25N7O/c1-27-11-9-16(13-27)14-28-15-18(12-23-28)24-22-25-21-20(4-3-10-29(21)26-22)17-5-7-19(30-2)8-6-17/h3-8,10,12,15-16H,9,11,13-14H2,1-2H3,(H,24,26). The zero-order valence-corrected chi connectivity index (χ0v) is 17.2. The van der Waals surface area contributed by atoms with Crippen LogP contribution in [0, 0.1) is 5.92 Å². The first-order chi connectivity index (χ1) is 14.7. The van der Waals surface area contributed by atoms with Gasteiger partial charge in [0.2, 0.25) is 5.95 Å². The lowest BCUT2D eigenvalue weighted by atomic mass is 10.1. The molecule has 0 saturated carbocycles. The fourth-order valence-corrected chi connectivity index (χ4v) is 4.05. The van der Waals surface area contributed by atoms with E-state index in [0.29, 0.717) is 11.9 Å². The second kappa shape index (κ2) is 7.79. The van der Waals surface area contributed by atoms with E-state index in [9.17, 15) is 0 Å². The van der Waals surface area contributed by atoms with E-state index in [1.54, 1.807) is 11.6 Å². The van der Waals surface area contributed by atoms with Crippen LogP contribution in [0.2, 0.25) is 0 Å². The van der Waals surface area contributed by atoms with Gasteiger partial charge >= 0.3 is 0 Å². The Bertz CT molecular complexity index is 1150. The normalized spacial score (nSPS) is 16.9. The maximum Gasteiger partial charge on any atom is 0.247 e. The van der Waals surface area contributed by atoms with Gasteiger partial charge < -0.3 is 15.0 Å². The highest BCUT2D eigenvalue weighted by atomic mass is 16.5. The number of fused-ring (bicyclic) bond motifs is 1. The minimum absolute atomic E-state index is 0.552. The van der Waals surface area contributed by atoms with Crippen molar-refractivity contribution in [1.82, 2.24) is 29.3 Å². The minimum atomic E-state index is 0.552. The maximum absolute atomic E-state index is 5.26. The molecule has 1 aliphatic rings. The lowest BCUT2D eigenvalue weighted by Gasteiger charge is -2.09. The number of hydrogen-bond donors (Lipinski definition) is 1. The molecule has 3 aromatic heterocycles. The van der Waals surface area contributed by atoms with Gasteiger partial charge in [0.25, 0.3) is 0 Å². The van der Waals surface area contributed by atoms with Crippen LogP contribution in [0.3, 0.4) is 0 Å². The fraction of sp³-hybridized carbons (Fsp3) is 0.318. The van der Waals surface area contributed by atoms with E-state index in [2.05, 4.69) is 27.5 Å². The molecule has 1 aromatic carbocycles. The Labute approximate surface area is 175 Å². The molecule has 154 valence electrons. The summed E-state index contributed by atoms with van der Waals surface area (Å²) in [7, 11) is 3.84. The molecule has 1 aliphatic heterocycles. The van der Waals surface area contributed by atoms with Gasteiger partial charge in [-0.25, -0.2) is 4.52 Å². The maximum atomic E-state index is 5.26. The number of methoxy groups -OCH3 is 1. The van der Waals surface area contributed by atoms with Crippen LogP contribution in [0.15, 0.2) is 55.0 Å². The predicted octanol–water partition coefficient (Wildman–Crippen LogP) is 3.30. The molecule has 1 fully saturated rings. The molecule has 1 unspecified atom stereocenters. The number of anilines is 2. The summed E-state index contributed by atoms with van der Waals surface area (Å²) in [6.07, 6.45) is 6.98. The van der Waals surface area contributed by atoms with E-state index in [1.165, 1.54) is 13.0 Å². The van der Waals surface area contributed by atoms with Crippen molar-refractivity contribution < 1.29 is 4.74 Å². The van der Waals surface area contributed by atoms with Crippen LogP contribution >= 0.6 is 0 Å². The Morgan fingerprint density at radius 3 is 2.83 bits per heavy atom. The Morgan fingerprint density at radius 2 is 2.07 bits per heavy atom. The van der Waals surface area contributed by atoms with Crippen LogP contribution in [0.5, 0.6) is 5.75 Å². The highest BCUT2D eigenvalue weighted by Gasteiger charge is 2.20. The summed E-state index contributed by atoms with van der Waals surface area (Å²) in [6, 6.07) is 12.0. The molecule has 0 bridgehead atoms. The number of aromatic nitrogens is 5. The molecule has 1 atom stereocenters. The lowest BCUT2D eigenvalue weighted by Crippen LogP contribution is -2.17. The molecular formula is C22H25N7O. The highest BCUT2D eigenvalue weighted by molar-refractivity contribution is 5.78. The molecule has 0 spiro atoms. The number of nitrogens with one attached hydrogen (secondary N) is 1. The third-order valence-corrected chi connectivity index (χ3v) is 5.59. The van der Waals surface area contributed by atoms with Crippen LogP contribution in [0.4, 0.5) is 11.6 Å². The second-order valence-corrected chi connectivity index (χ2v) is 7.85. The van der Waals surface area contributed by atoms with Crippen molar-refractivity contribution in [2.24, 2.45) is 5.92 Å². The van der Waals surface area contributed by atoms with Gasteiger partial charge in [0.1, 0.15) is 5.75 Å². The molecular weight excluding hydrogens is 378 g/mol. The minimum Gasteiger partial charge on any atom is -0.497 e. The van der Waals surface area contributed by atoms with Crippen LogP contribution in [-0.2, 0) is 6.54 Å². The third kappa shape index (κ3) is 3.73. The molecule has 0 radical (unpaired) electrons. The summed E-state index contributed by atoms with van der Waals surface area (Å²) in [5, 5.41) is 12.4. The summed E-state index contributed by atoms with van der Waals surface area (Å²) < 4.78 is 9.06. The largest absolute Gasteiger partial charge is 0.497 e. The zero-order chi connectivity index (χ0) is 20.5. The summed E-state index contributed by atoms with van der Waals surface area (Å²) in [5.74, 6) is 2.04. The smallest absolute Gasteiger partial charge is 0.247 e. The van der Waals surface area contributed by atoms with Crippen molar-refractivity contribution in [3.05, 3.63) is 55.0 Å². The molecule has 1 N–H and O–H groups in total. The molecule has 1 saturated heterocycles. The summed E-state index contributed by atoms with van der Waals surface area (Å²) in [4.78, 5) is 7.08. The Balaban J connectivity index is 1.35. The molecule has 8 nitrogen and oxygen atoms in total. The van der Waals surface area contributed by atoms with Gasteiger partial charge in [-0.2, -0.15) is 10.1 Å². The van der Waals surface area contributed by atoms with Gasteiger partial charge in [-0.15, -0.1) is 5.10 Å². The van der Waals surface area contributed by atoms with Crippen molar-refractivity contribution in [3.8, 4) is 16.9 Å². The second-order valence-electron chi connectivity index (χ2n) is 7.85. The number of rotatable bonds is 6. The number of hydrogen-bond acceptors (Lipinski definition) is 6. The van der Waals surface area contributed by atoms with Gasteiger partial charge in [0.15, 0.2) is 5.65 Å². The van der Waals surface area contributed by atoms with Gasteiger partial charge in [0.05, 0.1) is 19.0 Å². The first-order valence-corrected chi connectivity index (χ1v) is 10.2. The topological polar surface area (TPSA) is 72.5 Å². The molecule has 4 heterocycles. The van der Waals surface area contributed by atoms with Crippen LogP contribution in [0.25, 0.3) is 16.8 Å². The molecule has 30 heavy (non-hydrogen) atoms. The number of ether oxygens (including phenoxy) is 1. The monoisotopic (exact) mass is 403 g/mol. The van der Waals surface area contributed by atoms with Crippen molar-refractivity contribution in [1.29, 1.82) is 0 Å². The quantitative estimate of drug-likeness (QED) is 0.533. The van der Waals surface area contributed by atoms with Gasteiger partial charge in [-0.1, -0.05) is 12.1 Å². The molecule has 0 amide bonds. The fourth-order valence-electron chi connectivity index (χ4n) is 4.05. The van der Waals surface area contributed by atoms with Crippen molar-refractivity contribution in [2.45, 2.75) is 13.0 Å². The Hall–Kier alpha value is -3.39. The van der Waals surface area contributed by atoms with Crippen molar-refractivity contribution in [3.63, 3.8) is 0 Å². The van der Waals surface area contributed by atoms with Crippen LogP contribution in [0.1, 0.15) is 6.42 Å². The zero-order valence-electron chi connectivity index (χ0n) is 17.2. The van der Waals surface area contributed by atoms with Gasteiger partial charge in [0, 0.05) is 31.0 Å². The van der Waals surface area contributed by atoms with E-state index in [-0.39, 0.29) is 0 Å². The number of pyridine rings is 1. The van der Waals surface area contributed by atoms with E-state index in [0.717, 1.165) is 41.3 Å². The highest BCUT2D eigenvalue weighted by Crippen LogP contribution is 2.26. The van der Waals surface area contributed by atoms with Crippen LogP contribution < -0.4 is 10.1 Å². The third-order valence-electron chi connectivity index (χ3n) is 5.59. The summed E-state index contributed by atoms with van der Waals surface area (Å²) in [6.45, 7) is 3.23. The average molecular weight is 403 g/mol. The van der Waals surface area contributed by atoms with Gasteiger partial charge in [-0.3, -0.25) is 4.68 Å². The van der Waals surface area contributed by atoms with Crippen LogP contribution in [-0.4, -0.2) is 56.5 Å². The van der Waals surface area contributed by atoms with Crippen molar-refractivity contribution >= 4 is 17.3 Å². The van der Waals surface area contributed by atoms with E-state index in [4.69, 9.17) is 9.72 Å². The lowest BCUT2D eigenvalue weighted by molar-refractivity contribution is 0.370. The first-order valence-electron chi connectivity index (χ1n) is 10.2. The number of benzene rings is 1. The summed E-state index contributed by atoms with van der Waals surface area (Å²) in [5.41, 5.74) is 3.77. The van der Waals surface area contributed by atoms with E-state index < -0.39 is 0 Å². The average Bonchev–Trinajstić information content (AvgIpc) is 3.48. The number of nitrogens with zero attached hydrogens (tertiary/aromatic N) is 6. The van der Waals surface area contributed by atoms with E-state index >= 15 is 0 Å². The molecule has 4 aromatic rings. The summed E-state index contributed by atoms with van der Waals surface area (Å²) >= 11 is 0. The molecule has 8 heteroatoms. The first kappa shape index (κ1) is 18.6.